The number of aromatic nitrogens is 1. The first-order chi connectivity index (χ1) is 14.5. The van der Waals surface area contributed by atoms with Crippen LogP contribution in [0.1, 0.15) is 39.8 Å². The lowest BCUT2D eigenvalue weighted by Crippen LogP contribution is -2.15. The smallest absolute Gasteiger partial charge is 0.274 e. The van der Waals surface area contributed by atoms with E-state index < -0.39 is 0 Å². The van der Waals surface area contributed by atoms with Crippen molar-refractivity contribution in [3.8, 4) is 11.1 Å². The molecular formula is C25H26N2O3. The van der Waals surface area contributed by atoms with Gasteiger partial charge in [0.2, 0.25) is 0 Å². The van der Waals surface area contributed by atoms with Crippen LogP contribution in [-0.4, -0.2) is 30.4 Å². The number of rotatable bonds is 8. The van der Waals surface area contributed by atoms with Gasteiger partial charge in [-0.3, -0.25) is 14.6 Å². The Hall–Kier alpha value is -3.31. The Labute approximate surface area is 177 Å². The number of ether oxygens (including phenoxy) is 1. The molecule has 1 amide bonds. The van der Waals surface area contributed by atoms with Crippen molar-refractivity contribution in [2.24, 2.45) is 5.92 Å². The van der Waals surface area contributed by atoms with Gasteiger partial charge in [0, 0.05) is 37.6 Å². The van der Waals surface area contributed by atoms with Gasteiger partial charge in [-0.15, -0.1) is 0 Å². The van der Waals surface area contributed by atoms with Gasteiger partial charge in [-0.1, -0.05) is 42.8 Å². The first kappa shape index (κ1) is 21.4. The molecule has 3 rings (SSSR count). The minimum Gasteiger partial charge on any atom is -0.384 e. The summed E-state index contributed by atoms with van der Waals surface area (Å²) in [4.78, 5) is 29.6. The third-order valence-electron chi connectivity index (χ3n) is 4.78. The van der Waals surface area contributed by atoms with Gasteiger partial charge in [-0.2, -0.15) is 0 Å². The predicted octanol–water partition coefficient (Wildman–Crippen LogP) is 5.16. The fraction of sp³-hybridized carbons (Fsp3) is 0.240. The summed E-state index contributed by atoms with van der Waals surface area (Å²) in [7, 11) is 1.63. The second-order valence-corrected chi connectivity index (χ2v) is 7.52. The molecule has 5 nitrogen and oxygen atoms in total. The van der Waals surface area contributed by atoms with Crippen LogP contribution in [0.2, 0.25) is 0 Å². The second-order valence-electron chi connectivity index (χ2n) is 7.52. The van der Waals surface area contributed by atoms with E-state index in [1.807, 2.05) is 50.2 Å². The zero-order valence-corrected chi connectivity index (χ0v) is 17.5. The molecule has 2 aromatic carbocycles. The number of aryl methyl sites for hydroxylation is 1. The van der Waals surface area contributed by atoms with Crippen molar-refractivity contribution in [1.82, 2.24) is 4.98 Å². The number of benzene rings is 2. The van der Waals surface area contributed by atoms with E-state index in [4.69, 9.17) is 4.74 Å². The molecule has 0 aliphatic heterocycles. The van der Waals surface area contributed by atoms with E-state index in [1.54, 1.807) is 37.6 Å². The van der Waals surface area contributed by atoms with Gasteiger partial charge in [0.1, 0.15) is 5.69 Å². The molecule has 1 unspecified atom stereocenters. The molecule has 0 aliphatic rings. The van der Waals surface area contributed by atoms with Crippen molar-refractivity contribution in [2.45, 2.75) is 20.3 Å². The van der Waals surface area contributed by atoms with Gasteiger partial charge < -0.3 is 10.1 Å². The molecule has 1 aromatic heterocycles. The number of Topliss-reactive ketones (excluding diaryl/α,β-unsaturated/α-hetero) is 1. The Kier molecular flexibility index (Phi) is 7.09. The number of methoxy groups -OCH3 is 1. The van der Waals surface area contributed by atoms with Crippen molar-refractivity contribution in [2.75, 3.05) is 19.0 Å². The Balaban J connectivity index is 1.94. The molecule has 0 saturated carbocycles. The van der Waals surface area contributed by atoms with Crippen LogP contribution in [0.4, 0.5) is 5.69 Å². The summed E-state index contributed by atoms with van der Waals surface area (Å²) in [6, 6.07) is 18.7. The van der Waals surface area contributed by atoms with E-state index in [1.165, 1.54) is 0 Å². The van der Waals surface area contributed by atoms with Crippen molar-refractivity contribution >= 4 is 17.4 Å². The van der Waals surface area contributed by atoms with Gasteiger partial charge in [-0.05, 0) is 54.3 Å². The second kappa shape index (κ2) is 9.94. The van der Waals surface area contributed by atoms with Gasteiger partial charge >= 0.3 is 0 Å². The Bertz CT molecular complexity index is 1010. The molecule has 0 aliphatic carbocycles. The highest BCUT2D eigenvalue weighted by molar-refractivity contribution is 6.05. The quantitative estimate of drug-likeness (QED) is 0.528. The first-order valence-corrected chi connectivity index (χ1v) is 9.93. The molecule has 3 aromatic rings. The average molecular weight is 402 g/mol. The predicted molar refractivity (Wildman–Crippen MR) is 119 cm³/mol. The van der Waals surface area contributed by atoms with E-state index in [-0.39, 0.29) is 17.6 Å². The van der Waals surface area contributed by atoms with Crippen LogP contribution in [0.5, 0.6) is 0 Å². The summed E-state index contributed by atoms with van der Waals surface area (Å²) in [5.41, 5.74) is 4.45. The Morgan fingerprint density at radius 3 is 2.47 bits per heavy atom. The molecule has 1 N–H and O–H groups in total. The normalized spacial score (nSPS) is 11.7. The molecular weight excluding hydrogens is 376 g/mol. The molecule has 5 heteroatoms. The summed E-state index contributed by atoms with van der Waals surface area (Å²) < 4.78 is 5.15. The van der Waals surface area contributed by atoms with E-state index >= 15 is 0 Å². The molecule has 0 radical (unpaired) electrons. The lowest BCUT2D eigenvalue weighted by Gasteiger charge is -2.13. The molecule has 0 saturated heterocycles. The number of nitrogens with one attached hydrogen (secondary N) is 1. The number of anilines is 1. The molecule has 30 heavy (non-hydrogen) atoms. The summed E-state index contributed by atoms with van der Waals surface area (Å²) >= 11 is 0. The highest BCUT2D eigenvalue weighted by Crippen LogP contribution is 2.27. The highest BCUT2D eigenvalue weighted by atomic mass is 16.5. The van der Waals surface area contributed by atoms with Crippen LogP contribution in [-0.2, 0) is 4.74 Å². The fourth-order valence-electron chi connectivity index (χ4n) is 3.24. The Morgan fingerprint density at radius 1 is 1.03 bits per heavy atom. The largest absolute Gasteiger partial charge is 0.384 e. The minimum absolute atomic E-state index is 0.0156. The van der Waals surface area contributed by atoms with Crippen LogP contribution in [0.3, 0.4) is 0 Å². The monoisotopic (exact) mass is 402 g/mol. The standard InChI is InChI=1S/C25H26N2O3/c1-17-7-9-19(10-8-17)20-13-21(24(28)12-18(2)16-30-3)15-22(14-20)27-25(29)23-6-4-5-11-26-23/h4-11,13-15,18H,12,16H2,1-3H3,(H,27,29). The maximum Gasteiger partial charge on any atom is 0.274 e. The van der Waals surface area contributed by atoms with E-state index in [0.29, 0.717) is 30.0 Å². The zero-order valence-electron chi connectivity index (χ0n) is 17.5. The summed E-state index contributed by atoms with van der Waals surface area (Å²) in [6.45, 7) is 4.53. The number of carbonyl (C=O) groups excluding carboxylic acids is 2. The van der Waals surface area contributed by atoms with Crippen molar-refractivity contribution in [3.05, 3.63) is 83.7 Å². The summed E-state index contributed by atoms with van der Waals surface area (Å²) in [5.74, 6) is -0.193. The maximum absolute atomic E-state index is 12.9. The minimum atomic E-state index is -0.317. The topological polar surface area (TPSA) is 68.3 Å². The van der Waals surface area contributed by atoms with Crippen LogP contribution < -0.4 is 5.32 Å². The van der Waals surface area contributed by atoms with Gasteiger partial charge in [0.05, 0.1) is 0 Å². The molecule has 0 bridgehead atoms. The maximum atomic E-state index is 12.9. The molecule has 0 spiro atoms. The van der Waals surface area contributed by atoms with E-state index in [9.17, 15) is 9.59 Å². The SMILES string of the molecule is COCC(C)CC(=O)c1cc(NC(=O)c2ccccn2)cc(-c2ccc(C)cc2)c1. The number of hydrogen-bond acceptors (Lipinski definition) is 4. The Morgan fingerprint density at radius 2 is 1.80 bits per heavy atom. The number of carbonyl (C=O) groups is 2. The van der Waals surface area contributed by atoms with Gasteiger partial charge in [-0.25, -0.2) is 0 Å². The van der Waals surface area contributed by atoms with E-state index in [0.717, 1.165) is 16.7 Å². The first-order valence-electron chi connectivity index (χ1n) is 9.93. The average Bonchev–Trinajstić information content (AvgIpc) is 2.74. The lowest BCUT2D eigenvalue weighted by molar-refractivity contribution is 0.0919. The molecule has 1 atom stereocenters. The highest BCUT2D eigenvalue weighted by Gasteiger charge is 2.15. The molecule has 154 valence electrons. The van der Waals surface area contributed by atoms with E-state index in [2.05, 4.69) is 10.3 Å². The van der Waals surface area contributed by atoms with Crippen LogP contribution >= 0.6 is 0 Å². The van der Waals surface area contributed by atoms with Crippen LogP contribution in [0.25, 0.3) is 11.1 Å². The van der Waals surface area contributed by atoms with Crippen molar-refractivity contribution < 1.29 is 14.3 Å². The summed E-state index contributed by atoms with van der Waals surface area (Å²) in [5, 5.41) is 2.88. The van der Waals surface area contributed by atoms with Crippen molar-refractivity contribution in [3.63, 3.8) is 0 Å². The van der Waals surface area contributed by atoms with Crippen LogP contribution in [0, 0.1) is 12.8 Å². The number of nitrogens with zero attached hydrogens (tertiary/aromatic N) is 1. The summed E-state index contributed by atoms with van der Waals surface area (Å²) in [6.07, 6.45) is 1.95. The lowest BCUT2D eigenvalue weighted by atomic mass is 9.95. The van der Waals surface area contributed by atoms with Gasteiger partial charge in [0.15, 0.2) is 5.78 Å². The van der Waals surface area contributed by atoms with Gasteiger partial charge in [0.25, 0.3) is 5.91 Å². The molecule has 1 heterocycles. The van der Waals surface area contributed by atoms with Crippen molar-refractivity contribution in [1.29, 1.82) is 0 Å². The van der Waals surface area contributed by atoms with Crippen LogP contribution in [0.15, 0.2) is 66.9 Å². The molecule has 0 fully saturated rings. The number of hydrogen-bond donors (Lipinski definition) is 1. The zero-order chi connectivity index (χ0) is 21.5. The number of ketones is 1. The fourth-order valence-corrected chi connectivity index (χ4v) is 3.24. The third kappa shape index (κ3) is 5.61. The number of amides is 1. The third-order valence-corrected chi connectivity index (χ3v) is 4.78. The number of pyridine rings is 1.